The maximum atomic E-state index is 13.0. The van der Waals surface area contributed by atoms with Crippen molar-refractivity contribution < 1.29 is 9.18 Å². The van der Waals surface area contributed by atoms with E-state index < -0.39 is 0 Å². The minimum atomic E-state index is -0.325. The van der Waals surface area contributed by atoms with Crippen LogP contribution in [0.25, 0.3) is 0 Å². The molecule has 1 amide bonds. The predicted octanol–water partition coefficient (Wildman–Crippen LogP) is 3.32. The van der Waals surface area contributed by atoms with Crippen LogP contribution in [0.5, 0.6) is 0 Å². The quantitative estimate of drug-likeness (QED) is 0.917. The molecule has 1 aromatic carbocycles. The van der Waals surface area contributed by atoms with Gasteiger partial charge in [0.25, 0.3) is 5.91 Å². The first kappa shape index (κ1) is 15.0. The molecule has 2 rings (SSSR count). The van der Waals surface area contributed by atoms with E-state index in [2.05, 4.69) is 17.2 Å². The van der Waals surface area contributed by atoms with Crippen LogP contribution in [0.4, 0.5) is 15.8 Å². The molecule has 0 radical (unpaired) electrons. The van der Waals surface area contributed by atoms with Crippen molar-refractivity contribution in [3.05, 3.63) is 54.1 Å². The third-order valence-electron chi connectivity index (χ3n) is 3.14. The van der Waals surface area contributed by atoms with Gasteiger partial charge in [-0.1, -0.05) is 6.92 Å². The van der Waals surface area contributed by atoms with Gasteiger partial charge in [0, 0.05) is 25.5 Å². The van der Waals surface area contributed by atoms with Gasteiger partial charge in [0.05, 0.1) is 17.4 Å². The molecule has 0 atom stereocenters. The molecule has 0 saturated heterocycles. The highest BCUT2D eigenvalue weighted by Crippen LogP contribution is 2.20. The van der Waals surface area contributed by atoms with Crippen molar-refractivity contribution in [2.75, 3.05) is 23.8 Å². The molecule has 1 N–H and O–H groups in total. The highest BCUT2D eigenvalue weighted by Gasteiger charge is 2.17. The second-order valence-electron chi connectivity index (χ2n) is 4.69. The maximum Gasteiger partial charge on any atom is 0.260 e. The molecule has 0 unspecified atom stereocenters. The molecular formula is C16H18FN3O. The number of rotatable bonds is 5. The van der Waals surface area contributed by atoms with Crippen LogP contribution in [-0.2, 0) is 0 Å². The SMILES string of the molecule is CCCNc1cnccc1C(=O)N(C)c1ccc(F)cc1. The van der Waals surface area contributed by atoms with Gasteiger partial charge in [0.15, 0.2) is 0 Å². The number of pyridine rings is 1. The number of hydrogen-bond acceptors (Lipinski definition) is 3. The van der Waals surface area contributed by atoms with Crippen molar-refractivity contribution in [1.29, 1.82) is 0 Å². The minimum Gasteiger partial charge on any atom is -0.383 e. The first-order valence-corrected chi connectivity index (χ1v) is 6.85. The Kier molecular flexibility index (Phi) is 4.87. The van der Waals surface area contributed by atoms with Crippen LogP contribution in [0.3, 0.4) is 0 Å². The first-order valence-electron chi connectivity index (χ1n) is 6.85. The summed E-state index contributed by atoms with van der Waals surface area (Å²) in [6, 6.07) is 7.51. The Morgan fingerprint density at radius 2 is 2.00 bits per heavy atom. The molecule has 0 spiro atoms. The molecule has 4 nitrogen and oxygen atoms in total. The Labute approximate surface area is 123 Å². The number of aromatic nitrogens is 1. The van der Waals surface area contributed by atoms with Crippen LogP contribution in [-0.4, -0.2) is 24.5 Å². The van der Waals surface area contributed by atoms with E-state index in [4.69, 9.17) is 0 Å². The average molecular weight is 287 g/mol. The minimum absolute atomic E-state index is 0.164. The van der Waals surface area contributed by atoms with Crippen LogP contribution in [0.2, 0.25) is 0 Å². The lowest BCUT2D eigenvalue weighted by atomic mass is 10.2. The summed E-state index contributed by atoms with van der Waals surface area (Å²) in [4.78, 5) is 18.1. The fraction of sp³-hybridized carbons (Fsp3) is 0.250. The van der Waals surface area contributed by atoms with Gasteiger partial charge < -0.3 is 10.2 Å². The third kappa shape index (κ3) is 3.56. The number of halogens is 1. The van der Waals surface area contributed by atoms with E-state index in [0.29, 0.717) is 16.9 Å². The fourth-order valence-electron chi connectivity index (χ4n) is 1.94. The molecule has 0 fully saturated rings. The number of hydrogen-bond donors (Lipinski definition) is 1. The van der Waals surface area contributed by atoms with Gasteiger partial charge in [-0.3, -0.25) is 9.78 Å². The highest BCUT2D eigenvalue weighted by molar-refractivity contribution is 6.09. The largest absolute Gasteiger partial charge is 0.383 e. The molecule has 5 heteroatoms. The Hall–Kier alpha value is -2.43. The van der Waals surface area contributed by atoms with Crippen molar-refractivity contribution in [3.63, 3.8) is 0 Å². The lowest BCUT2D eigenvalue weighted by Gasteiger charge is -2.19. The van der Waals surface area contributed by atoms with Gasteiger partial charge in [-0.25, -0.2) is 4.39 Å². The van der Waals surface area contributed by atoms with Crippen LogP contribution in [0, 0.1) is 5.82 Å². The lowest BCUT2D eigenvalue weighted by molar-refractivity contribution is 0.0993. The Morgan fingerprint density at radius 1 is 1.29 bits per heavy atom. The van der Waals surface area contributed by atoms with E-state index >= 15 is 0 Å². The van der Waals surface area contributed by atoms with Gasteiger partial charge in [-0.15, -0.1) is 0 Å². The fourth-order valence-corrected chi connectivity index (χ4v) is 1.94. The Bertz CT molecular complexity index is 613. The van der Waals surface area contributed by atoms with Crippen molar-refractivity contribution >= 4 is 17.3 Å². The molecule has 0 bridgehead atoms. The summed E-state index contributed by atoms with van der Waals surface area (Å²) in [6.45, 7) is 2.82. The molecule has 0 saturated carbocycles. The lowest BCUT2D eigenvalue weighted by Crippen LogP contribution is -2.27. The third-order valence-corrected chi connectivity index (χ3v) is 3.14. The van der Waals surface area contributed by atoms with E-state index in [1.54, 1.807) is 37.6 Å². The zero-order valence-electron chi connectivity index (χ0n) is 12.1. The molecule has 110 valence electrons. The molecule has 21 heavy (non-hydrogen) atoms. The first-order chi connectivity index (χ1) is 10.1. The predicted molar refractivity (Wildman–Crippen MR) is 82.2 cm³/mol. The van der Waals surface area contributed by atoms with Crippen molar-refractivity contribution in [1.82, 2.24) is 4.98 Å². The molecule has 0 aliphatic carbocycles. The smallest absolute Gasteiger partial charge is 0.260 e. The van der Waals surface area contributed by atoms with Gasteiger partial charge in [-0.2, -0.15) is 0 Å². The summed E-state index contributed by atoms with van der Waals surface area (Å²) in [6.07, 6.45) is 4.18. The number of benzene rings is 1. The number of carbonyl (C=O) groups is 1. The number of amides is 1. The van der Waals surface area contributed by atoms with E-state index in [9.17, 15) is 9.18 Å². The average Bonchev–Trinajstić information content (AvgIpc) is 2.52. The Balaban J connectivity index is 2.24. The maximum absolute atomic E-state index is 13.0. The topological polar surface area (TPSA) is 45.2 Å². The zero-order valence-corrected chi connectivity index (χ0v) is 12.1. The zero-order chi connectivity index (χ0) is 15.2. The van der Waals surface area contributed by atoms with Gasteiger partial charge in [0.1, 0.15) is 5.82 Å². The number of anilines is 2. The summed E-state index contributed by atoms with van der Waals surface area (Å²) in [5.74, 6) is -0.489. The second-order valence-corrected chi connectivity index (χ2v) is 4.69. The van der Waals surface area contributed by atoms with Gasteiger partial charge in [0.2, 0.25) is 0 Å². The monoisotopic (exact) mass is 287 g/mol. The molecule has 1 heterocycles. The van der Waals surface area contributed by atoms with E-state index in [1.165, 1.54) is 17.0 Å². The Morgan fingerprint density at radius 3 is 2.67 bits per heavy atom. The second kappa shape index (κ2) is 6.83. The molecular weight excluding hydrogens is 269 g/mol. The van der Waals surface area contributed by atoms with Crippen molar-refractivity contribution in [2.45, 2.75) is 13.3 Å². The van der Waals surface area contributed by atoms with E-state index in [1.807, 2.05) is 0 Å². The molecule has 0 aliphatic rings. The summed E-state index contributed by atoms with van der Waals surface area (Å²) in [5.41, 5.74) is 1.89. The summed E-state index contributed by atoms with van der Waals surface area (Å²) >= 11 is 0. The molecule has 0 aliphatic heterocycles. The molecule has 2 aromatic rings. The summed E-state index contributed by atoms with van der Waals surface area (Å²) in [5, 5.41) is 3.19. The van der Waals surface area contributed by atoms with Gasteiger partial charge in [-0.05, 0) is 36.8 Å². The standard InChI is InChI=1S/C16H18FN3O/c1-3-9-19-15-11-18-10-8-14(15)16(21)20(2)13-6-4-12(17)5-7-13/h4-8,10-11,19H,3,9H2,1-2H3. The summed E-state index contributed by atoms with van der Waals surface area (Å²) in [7, 11) is 1.67. The number of nitrogens with one attached hydrogen (secondary N) is 1. The molecule has 1 aromatic heterocycles. The highest BCUT2D eigenvalue weighted by atomic mass is 19.1. The number of nitrogens with zero attached hydrogens (tertiary/aromatic N) is 2. The van der Waals surface area contributed by atoms with E-state index in [0.717, 1.165) is 13.0 Å². The van der Waals surface area contributed by atoms with Crippen molar-refractivity contribution in [3.8, 4) is 0 Å². The van der Waals surface area contributed by atoms with Crippen LogP contribution < -0.4 is 10.2 Å². The number of carbonyl (C=O) groups excluding carboxylic acids is 1. The van der Waals surface area contributed by atoms with Crippen LogP contribution in [0.1, 0.15) is 23.7 Å². The normalized spacial score (nSPS) is 10.2. The van der Waals surface area contributed by atoms with E-state index in [-0.39, 0.29) is 11.7 Å². The van der Waals surface area contributed by atoms with Crippen LogP contribution >= 0.6 is 0 Å². The summed E-state index contributed by atoms with van der Waals surface area (Å²) < 4.78 is 13.0. The van der Waals surface area contributed by atoms with Gasteiger partial charge >= 0.3 is 0 Å². The van der Waals surface area contributed by atoms with Crippen molar-refractivity contribution in [2.24, 2.45) is 0 Å². The van der Waals surface area contributed by atoms with Crippen LogP contribution in [0.15, 0.2) is 42.7 Å².